The van der Waals surface area contributed by atoms with Crippen LogP contribution in [0.15, 0.2) is 72.0 Å². The standard InChI is InChI=1S/C40H44N4O6S.C9H16O2/c1-8-27-20-30(40(5,6)29-10-13-33(14-11-29)50-24-32-16-17-42-38(43-32)51-7)21-28(23-41)37(27)48-18-9-19-49-39(47)44-31-12-15-34(36(46)25(2)3)35(22-31)26(4)45;1-4-9(11)6-5-7(2)8(3)10/h10-17,20-22,25H,8-9,18-19,24H2,1-7H3,(H,44,47);7H,4-6H2,1-3H3. The Morgan fingerprint density at radius 1 is 0.887 bits per heavy atom. The van der Waals surface area contributed by atoms with Gasteiger partial charge < -0.3 is 14.2 Å². The van der Waals surface area contributed by atoms with Crippen molar-refractivity contribution < 1.29 is 38.2 Å². The summed E-state index contributed by atoms with van der Waals surface area (Å²) < 4.78 is 17.4. The second-order valence-corrected chi connectivity index (χ2v) is 16.5. The number of anilines is 1. The van der Waals surface area contributed by atoms with E-state index in [9.17, 15) is 29.2 Å². The molecule has 3 aromatic carbocycles. The molecule has 0 saturated heterocycles. The van der Waals surface area contributed by atoms with Crippen LogP contribution in [0.25, 0.3) is 0 Å². The van der Waals surface area contributed by atoms with Gasteiger partial charge in [0, 0.05) is 59.5 Å². The van der Waals surface area contributed by atoms with Gasteiger partial charge >= 0.3 is 6.09 Å². The number of ketones is 4. The predicted molar refractivity (Wildman–Crippen MR) is 242 cm³/mol. The molecule has 0 saturated carbocycles. The minimum absolute atomic E-state index is 0.0468. The van der Waals surface area contributed by atoms with Crippen LogP contribution < -0.4 is 14.8 Å². The van der Waals surface area contributed by atoms with Crippen LogP contribution in [0.5, 0.6) is 11.5 Å². The molecule has 1 unspecified atom stereocenters. The molecule has 4 rings (SSSR count). The van der Waals surface area contributed by atoms with Crippen LogP contribution in [-0.2, 0) is 32.8 Å². The fourth-order valence-corrected chi connectivity index (χ4v) is 6.54. The number of hydrogen-bond acceptors (Lipinski definition) is 12. The lowest BCUT2D eigenvalue weighted by Crippen LogP contribution is -2.20. The number of amides is 1. The van der Waals surface area contributed by atoms with Gasteiger partial charge in [-0.05, 0) is 92.1 Å². The van der Waals surface area contributed by atoms with Crippen molar-refractivity contribution >= 4 is 46.7 Å². The van der Waals surface area contributed by atoms with Crippen LogP contribution in [0, 0.1) is 23.2 Å². The van der Waals surface area contributed by atoms with Gasteiger partial charge in [-0.1, -0.05) is 78.4 Å². The molecule has 0 aliphatic carbocycles. The average molecular weight is 865 g/mol. The van der Waals surface area contributed by atoms with E-state index >= 15 is 0 Å². The second kappa shape index (κ2) is 24.5. The molecule has 1 aromatic heterocycles. The Morgan fingerprint density at radius 3 is 2.19 bits per heavy atom. The Balaban J connectivity index is 0.000000817. The zero-order valence-corrected chi connectivity index (χ0v) is 38.5. The molecule has 1 amide bonds. The minimum Gasteiger partial charge on any atom is -0.492 e. The van der Waals surface area contributed by atoms with Gasteiger partial charge in [-0.3, -0.25) is 24.5 Å². The number of hydrogen-bond donors (Lipinski definition) is 1. The van der Waals surface area contributed by atoms with E-state index < -0.39 is 11.5 Å². The molecule has 0 spiro atoms. The summed E-state index contributed by atoms with van der Waals surface area (Å²) >= 11 is 1.48. The summed E-state index contributed by atoms with van der Waals surface area (Å²) in [6.07, 6.45) is 5.86. The lowest BCUT2D eigenvalue weighted by Gasteiger charge is -2.28. The number of aryl methyl sites for hydroxylation is 1. The molecule has 1 heterocycles. The number of thioether (sulfide) groups is 1. The molecule has 330 valence electrons. The largest absolute Gasteiger partial charge is 0.492 e. The molecule has 13 heteroatoms. The molecule has 0 bridgehead atoms. The van der Waals surface area contributed by atoms with E-state index in [0.29, 0.717) is 66.4 Å². The van der Waals surface area contributed by atoms with Gasteiger partial charge in [0.25, 0.3) is 0 Å². The van der Waals surface area contributed by atoms with Crippen LogP contribution in [0.3, 0.4) is 0 Å². The third-order valence-corrected chi connectivity index (χ3v) is 10.9. The molecule has 0 fully saturated rings. The Hall–Kier alpha value is -5.87. The summed E-state index contributed by atoms with van der Waals surface area (Å²) in [5, 5.41) is 13.4. The van der Waals surface area contributed by atoms with E-state index in [0.717, 1.165) is 28.1 Å². The maximum Gasteiger partial charge on any atom is 0.411 e. The zero-order valence-electron chi connectivity index (χ0n) is 37.7. The molecule has 12 nitrogen and oxygen atoms in total. The van der Waals surface area contributed by atoms with Gasteiger partial charge in [0.05, 0.1) is 24.5 Å². The summed E-state index contributed by atoms with van der Waals surface area (Å²) in [4.78, 5) is 67.3. The third kappa shape index (κ3) is 14.9. The molecule has 0 radical (unpaired) electrons. The number of nitrogens with one attached hydrogen (secondary N) is 1. The summed E-state index contributed by atoms with van der Waals surface area (Å²) in [5.41, 5.74) is 4.71. The smallest absolute Gasteiger partial charge is 0.411 e. The normalized spacial score (nSPS) is 11.4. The number of nitriles is 1. The van der Waals surface area contributed by atoms with Gasteiger partial charge in [-0.15, -0.1) is 0 Å². The highest BCUT2D eigenvalue weighted by Crippen LogP contribution is 2.37. The van der Waals surface area contributed by atoms with Crippen molar-refractivity contribution in [3.63, 3.8) is 0 Å². The second-order valence-electron chi connectivity index (χ2n) is 15.7. The molecule has 0 aliphatic heterocycles. The van der Waals surface area contributed by atoms with E-state index in [1.165, 1.54) is 24.8 Å². The first kappa shape index (κ1) is 50.5. The average Bonchev–Trinajstić information content (AvgIpc) is 3.26. The van der Waals surface area contributed by atoms with Crippen LogP contribution >= 0.6 is 11.8 Å². The summed E-state index contributed by atoms with van der Waals surface area (Å²) in [6, 6.07) is 20.6. The van der Waals surface area contributed by atoms with E-state index in [-0.39, 0.29) is 53.7 Å². The van der Waals surface area contributed by atoms with Crippen molar-refractivity contribution in [3.8, 4) is 17.6 Å². The first-order valence-electron chi connectivity index (χ1n) is 20.9. The molecule has 1 N–H and O–H groups in total. The summed E-state index contributed by atoms with van der Waals surface area (Å²) in [6.45, 7) is 17.1. The number of aromatic nitrogens is 2. The fraction of sp³-hybridized carbons (Fsp3) is 0.429. The number of Topliss-reactive ketones (excluding diaryl/α,β-unsaturated/α-hetero) is 4. The van der Waals surface area contributed by atoms with Crippen molar-refractivity contribution in [1.82, 2.24) is 9.97 Å². The van der Waals surface area contributed by atoms with Crippen molar-refractivity contribution in [2.45, 2.75) is 112 Å². The molecule has 0 aliphatic rings. The number of nitrogens with zero attached hydrogens (tertiary/aromatic N) is 3. The highest BCUT2D eigenvalue weighted by atomic mass is 32.2. The van der Waals surface area contributed by atoms with Gasteiger partial charge in [0.15, 0.2) is 16.7 Å². The molecular formula is C49H60N4O8S. The number of carbonyl (C=O) groups excluding carboxylic acids is 5. The van der Waals surface area contributed by atoms with Crippen LogP contribution in [0.1, 0.15) is 137 Å². The number of carbonyl (C=O) groups is 5. The van der Waals surface area contributed by atoms with Crippen LogP contribution in [-0.4, -0.2) is 58.7 Å². The number of ether oxygens (including phenoxy) is 3. The molecular weight excluding hydrogens is 805 g/mol. The van der Waals surface area contributed by atoms with Crippen LogP contribution in [0.2, 0.25) is 0 Å². The van der Waals surface area contributed by atoms with Crippen LogP contribution in [0.4, 0.5) is 10.5 Å². The summed E-state index contributed by atoms with van der Waals surface area (Å²) in [5.74, 6) is 1.04. The minimum atomic E-state index is -0.693. The number of benzene rings is 3. The van der Waals surface area contributed by atoms with Gasteiger partial charge in [-0.25, -0.2) is 14.8 Å². The fourth-order valence-electron chi connectivity index (χ4n) is 6.16. The highest BCUT2D eigenvalue weighted by molar-refractivity contribution is 7.98. The predicted octanol–water partition coefficient (Wildman–Crippen LogP) is 10.6. The van der Waals surface area contributed by atoms with Gasteiger partial charge in [-0.2, -0.15) is 5.26 Å². The maximum atomic E-state index is 12.5. The maximum absolute atomic E-state index is 12.5. The lowest BCUT2D eigenvalue weighted by molar-refractivity contribution is -0.121. The monoisotopic (exact) mass is 864 g/mol. The quantitative estimate of drug-likeness (QED) is 0.0364. The van der Waals surface area contributed by atoms with Crippen molar-refractivity contribution in [3.05, 3.63) is 106 Å². The zero-order chi connectivity index (χ0) is 46.0. The Kier molecular flexibility index (Phi) is 20.0. The lowest BCUT2D eigenvalue weighted by atomic mass is 9.77. The Morgan fingerprint density at radius 2 is 1.60 bits per heavy atom. The topological polar surface area (TPSA) is 175 Å². The third-order valence-electron chi connectivity index (χ3n) is 10.4. The first-order chi connectivity index (χ1) is 29.4. The molecule has 62 heavy (non-hydrogen) atoms. The SMILES string of the molecule is CCC(=O)CCC(C)C(C)=O.CCc1cc(C(C)(C)c2ccc(OCc3ccnc(SC)n3)cc2)cc(C#N)c1OCCCOC(=O)Nc1ccc(C(=O)C(C)C)c(C(C)=O)c1. The van der Waals surface area contributed by atoms with Crippen molar-refractivity contribution in [2.24, 2.45) is 11.8 Å². The van der Waals surface area contributed by atoms with Crippen molar-refractivity contribution in [2.75, 3.05) is 24.8 Å². The highest BCUT2D eigenvalue weighted by Gasteiger charge is 2.26. The van der Waals surface area contributed by atoms with E-state index in [4.69, 9.17) is 14.2 Å². The van der Waals surface area contributed by atoms with E-state index in [2.05, 4.69) is 41.3 Å². The Bertz CT molecular complexity index is 2230. The van der Waals surface area contributed by atoms with E-state index in [1.807, 2.05) is 63.4 Å². The van der Waals surface area contributed by atoms with Crippen molar-refractivity contribution in [1.29, 1.82) is 5.26 Å². The molecule has 1 atom stereocenters. The number of rotatable bonds is 21. The Labute approximate surface area is 370 Å². The first-order valence-corrected chi connectivity index (χ1v) is 22.1. The summed E-state index contributed by atoms with van der Waals surface area (Å²) in [7, 11) is 0. The van der Waals surface area contributed by atoms with Gasteiger partial charge in [0.1, 0.15) is 35.7 Å². The molecule has 4 aromatic rings. The van der Waals surface area contributed by atoms with Gasteiger partial charge in [0.2, 0.25) is 0 Å². The van der Waals surface area contributed by atoms with E-state index in [1.54, 1.807) is 39.1 Å².